The number of nitrogens with one attached hydrogen (secondary N) is 2. The van der Waals surface area contributed by atoms with Crippen molar-refractivity contribution in [1.29, 1.82) is 0 Å². The van der Waals surface area contributed by atoms with Crippen molar-refractivity contribution in [3.63, 3.8) is 0 Å². The van der Waals surface area contributed by atoms with Crippen LogP contribution in [0.4, 0.5) is 13.6 Å². The average Bonchev–Trinajstić information content (AvgIpc) is 2.83. The normalized spacial score (nSPS) is 10.3. The van der Waals surface area contributed by atoms with Crippen LogP contribution in [0, 0.1) is 18.6 Å². The van der Waals surface area contributed by atoms with Crippen molar-refractivity contribution in [3.05, 3.63) is 52.9 Å². The number of nitrogens with zero attached hydrogens (tertiary/aromatic N) is 1. The van der Waals surface area contributed by atoms with Crippen LogP contribution in [0.3, 0.4) is 0 Å². The summed E-state index contributed by atoms with van der Waals surface area (Å²) in [7, 11) is 0. The van der Waals surface area contributed by atoms with Crippen LogP contribution in [0.5, 0.6) is 0 Å². The highest BCUT2D eigenvalue weighted by molar-refractivity contribution is 5.73. The second-order valence-corrected chi connectivity index (χ2v) is 4.20. The van der Waals surface area contributed by atoms with E-state index in [4.69, 9.17) is 4.52 Å². The molecule has 0 aliphatic heterocycles. The fourth-order valence-electron chi connectivity index (χ4n) is 1.59. The summed E-state index contributed by atoms with van der Waals surface area (Å²) in [6.07, 6.45) is 0. The van der Waals surface area contributed by atoms with Gasteiger partial charge in [-0.15, -0.1) is 0 Å². The highest BCUT2D eigenvalue weighted by Crippen LogP contribution is 2.09. The van der Waals surface area contributed by atoms with Gasteiger partial charge in [-0.25, -0.2) is 13.6 Å². The van der Waals surface area contributed by atoms with Crippen molar-refractivity contribution in [2.75, 3.05) is 0 Å². The summed E-state index contributed by atoms with van der Waals surface area (Å²) in [5.41, 5.74) is 0.659. The first kappa shape index (κ1) is 14.0. The van der Waals surface area contributed by atoms with E-state index in [0.717, 1.165) is 18.2 Å². The number of benzene rings is 1. The Bertz CT molecular complexity index is 613. The monoisotopic (exact) mass is 281 g/mol. The summed E-state index contributed by atoms with van der Waals surface area (Å²) in [6.45, 7) is 1.82. The Morgan fingerprint density at radius 1 is 1.25 bits per heavy atom. The van der Waals surface area contributed by atoms with E-state index >= 15 is 0 Å². The van der Waals surface area contributed by atoms with Crippen molar-refractivity contribution < 1.29 is 18.1 Å². The van der Waals surface area contributed by atoms with Gasteiger partial charge in [0.05, 0.1) is 6.54 Å². The van der Waals surface area contributed by atoms with Crippen LogP contribution < -0.4 is 10.6 Å². The molecule has 1 aromatic heterocycles. The third-order valence-electron chi connectivity index (χ3n) is 2.55. The molecule has 0 saturated heterocycles. The molecule has 2 N–H and O–H groups in total. The number of amides is 2. The lowest BCUT2D eigenvalue weighted by Gasteiger charge is -2.07. The second-order valence-electron chi connectivity index (χ2n) is 4.20. The zero-order chi connectivity index (χ0) is 14.5. The third kappa shape index (κ3) is 3.78. The lowest BCUT2D eigenvalue weighted by Crippen LogP contribution is -2.34. The second kappa shape index (κ2) is 6.14. The predicted octanol–water partition coefficient (Wildman–Crippen LogP) is 2.26. The first-order valence-corrected chi connectivity index (χ1v) is 5.92. The van der Waals surface area contributed by atoms with Gasteiger partial charge in [-0.3, -0.25) is 0 Å². The number of hydrogen-bond donors (Lipinski definition) is 2. The van der Waals surface area contributed by atoms with E-state index in [1.807, 2.05) is 0 Å². The minimum Gasteiger partial charge on any atom is -0.361 e. The SMILES string of the molecule is Cc1cc(CNC(=O)NCc2cc(F)ccc2F)no1. The standard InChI is InChI=1S/C13H13F2N3O2/c1-8-4-11(18-20-8)7-17-13(19)16-6-9-5-10(14)2-3-12(9)15/h2-5H,6-7H2,1H3,(H2,16,17,19). The van der Waals surface area contributed by atoms with Crippen molar-refractivity contribution in [2.24, 2.45) is 0 Å². The minimum atomic E-state index is -0.571. The van der Waals surface area contributed by atoms with E-state index < -0.39 is 17.7 Å². The van der Waals surface area contributed by atoms with Gasteiger partial charge in [-0.1, -0.05) is 5.16 Å². The summed E-state index contributed by atoms with van der Waals surface area (Å²) in [6, 6.07) is 4.26. The van der Waals surface area contributed by atoms with Gasteiger partial charge in [-0.2, -0.15) is 0 Å². The van der Waals surface area contributed by atoms with Crippen molar-refractivity contribution in [1.82, 2.24) is 15.8 Å². The maximum absolute atomic E-state index is 13.3. The molecule has 0 unspecified atom stereocenters. The average molecular weight is 281 g/mol. The van der Waals surface area contributed by atoms with Gasteiger partial charge >= 0.3 is 6.03 Å². The molecule has 7 heteroatoms. The van der Waals surface area contributed by atoms with Crippen LogP contribution in [0.25, 0.3) is 0 Å². The van der Waals surface area contributed by atoms with E-state index in [1.165, 1.54) is 0 Å². The van der Waals surface area contributed by atoms with Crippen LogP contribution in [0.1, 0.15) is 17.0 Å². The molecular formula is C13H13F2N3O2. The number of aromatic nitrogens is 1. The maximum atomic E-state index is 13.3. The van der Waals surface area contributed by atoms with Gasteiger partial charge in [0, 0.05) is 18.2 Å². The zero-order valence-electron chi connectivity index (χ0n) is 10.7. The zero-order valence-corrected chi connectivity index (χ0v) is 10.7. The number of aryl methyl sites for hydroxylation is 1. The first-order valence-electron chi connectivity index (χ1n) is 5.92. The van der Waals surface area contributed by atoms with Crippen LogP contribution in [0.2, 0.25) is 0 Å². The fraction of sp³-hybridized carbons (Fsp3) is 0.231. The van der Waals surface area contributed by atoms with Crippen LogP contribution in [0.15, 0.2) is 28.8 Å². The first-order chi connectivity index (χ1) is 9.54. The Labute approximate surface area is 114 Å². The summed E-state index contributed by atoms with van der Waals surface area (Å²) in [5, 5.41) is 8.66. The number of carbonyl (C=O) groups is 1. The van der Waals surface area contributed by atoms with E-state index in [2.05, 4.69) is 15.8 Å². The molecule has 0 fully saturated rings. The molecular weight excluding hydrogens is 268 g/mol. The molecule has 20 heavy (non-hydrogen) atoms. The Morgan fingerprint density at radius 2 is 2.00 bits per heavy atom. The lowest BCUT2D eigenvalue weighted by molar-refractivity contribution is 0.239. The molecule has 106 valence electrons. The van der Waals surface area contributed by atoms with Gasteiger partial charge in [-0.05, 0) is 25.1 Å². The molecule has 0 spiro atoms. The molecule has 0 aliphatic carbocycles. The number of rotatable bonds is 4. The number of carbonyl (C=O) groups excluding carboxylic acids is 1. The topological polar surface area (TPSA) is 67.2 Å². The van der Waals surface area contributed by atoms with E-state index in [9.17, 15) is 13.6 Å². The Morgan fingerprint density at radius 3 is 2.70 bits per heavy atom. The Kier molecular flexibility index (Phi) is 4.29. The molecule has 2 aromatic rings. The number of hydrogen-bond acceptors (Lipinski definition) is 3. The van der Waals surface area contributed by atoms with Crippen molar-refractivity contribution >= 4 is 6.03 Å². The maximum Gasteiger partial charge on any atom is 0.315 e. The summed E-state index contributed by atoms with van der Waals surface area (Å²) < 4.78 is 31.1. The molecule has 0 aliphatic rings. The summed E-state index contributed by atoms with van der Waals surface area (Å²) >= 11 is 0. The smallest absolute Gasteiger partial charge is 0.315 e. The van der Waals surface area contributed by atoms with E-state index in [1.54, 1.807) is 13.0 Å². The van der Waals surface area contributed by atoms with Gasteiger partial charge < -0.3 is 15.2 Å². The van der Waals surface area contributed by atoms with Gasteiger partial charge in [0.1, 0.15) is 23.1 Å². The summed E-state index contributed by atoms with van der Waals surface area (Å²) in [4.78, 5) is 11.5. The lowest BCUT2D eigenvalue weighted by atomic mass is 10.2. The van der Waals surface area contributed by atoms with Crippen LogP contribution in [-0.2, 0) is 13.1 Å². The third-order valence-corrected chi connectivity index (χ3v) is 2.55. The molecule has 5 nitrogen and oxygen atoms in total. The minimum absolute atomic E-state index is 0.0810. The highest BCUT2D eigenvalue weighted by Gasteiger charge is 2.07. The Balaban J connectivity index is 1.81. The molecule has 1 heterocycles. The number of halogens is 2. The van der Waals surface area contributed by atoms with Crippen molar-refractivity contribution in [2.45, 2.75) is 20.0 Å². The molecule has 0 saturated carbocycles. The molecule has 0 radical (unpaired) electrons. The van der Waals surface area contributed by atoms with E-state index in [0.29, 0.717) is 11.5 Å². The quantitative estimate of drug-likeness (QED) is 0.903. The van der Waals surface area contributed by atoms with Gasteiger partial charge in [0.2, 0.25) is 0 Å². The predicted molar refractivity (Wildman–Crippen MR) is 66.7 cm³/mol. The van der Waals surface area contributed by atoms with Crippen LogP contribution >= 0.6 is 0 Å². The van der Waals surface area contributed by atoms with Gasteiger partial charge in [0.25, 0.3) is 0 Å². The molecule has 2 rings (SSSR count). The molecule has 1 aromatic carbocycles. The Hall–Kier alpha value is -2.44. The van der Waals surface area contributed by atoms with Gasteiger partial charge in [0.15, 0.2) is 0 Å². The number of urea groups is 1. The van der Waals surface area contributed by atoms with E-state index in [-0.39, 0.29) is 18.7 Å². The molecule has 2 amide bonds. The molecule has 0 atom stereocenters. The fourth-order valence-corrected chi connectivity index (χ4v) is 1.59. The van der Waals surface area contributed by atoms with Crippen LogP contribution in [-0.4, -0.2) is 11.2 Å². The molecule has 0 bridgehead atoms. The van der Waals surface area contributed by atoms with Crippen molar-refractivity contribution in [3.8, 4) is 0 Å². The highest BCUT2D eigenvalue weighted by atomic mass is 19.1. The largest absolute Gasteiger partial charge is 0.361 e. The summed E-state index contributed by atoms with van der Waals surface area (Å²) in [5.74, 6) is -0.482.